The zero-order valence-corrected chi connectivity index (χ0v) is 10.2. The molecule has 0 N–H and O–H groups in total. The molecule has 1 aromatic carbocycles. The molecule has 1 fully saturated rings. The minimum absolute atomic E-state index is 0.0483. The number of ketones is 1. The van der Waals surface area contributed by atoms with Crippen LogP contribution in [0.25, 0.3) is 0 Å². The van der Waals surface area contributed by atoms with E-state index in [2.05, 4.69) is 37.8 Å². The molecular weight excluding hydrogens is 198 g/mol. The number of hydrogen-bond donors (Lipinski definition) is 0. The Morgan fingerprint density at radius 3 is 2.38 bits per heavy atom. The van der Waals surface area contributed by atoms with Crippen LogP contribution >= 0.6 is 0 Å². The Morgan fingerprint density at radius 1 is 1.19 bits per heavy atom. The Bertz CT molecular complexity index is 377. The fourth-order valence-corrected chi connectivity index (χ4v) is 2.37. The van der Waals surface area contributed by atoms with E-state index >= 15 is 0 Å². The number of benzene rings is 1. The molecular formula is C14H19NO. The molecule has 0 amide bonds. The van der Waals surface area contributed by atoms with Gasteiger partial charge in [-0.3, -0.25) is 9.69 Å². The zero-order chi connectivity index (χ0) is 11.8. The highest BCUT2D eigenvalue weighted by atomic mass is 16.1. The first kappa shape index (κ1) is 11.3. The van der Waals surface area contributed by atoms with Crippen molar-refractivity contribution in [1.82, 2.24) is 4.90 Å². The van der Waals surface area contributed by atoms with Crippen molar-refractivity contribution in [3.63, 3.8) is 0 Å². The monoisotopic (exact) mass is 217 g/mol. The second-order valence-corrected chi connectivity index (χ2v) is 5.47. The average molecular weight is 217 g/mol. The molecule has 1 aliphatic heterocycles. The molecule has 0 radical (unpaired) electrons. The van der Waals surface area contributed by atoms with E-state index in [0.29, 0.717) is 18.7 Å². The van der Waals surface area contributed by atoms with Gasteiger partial charge in [0.2, 0.25) is 0 Å². The molecule has 1 saturated heterocycles. The van der Waals surface area contributed by atoms with Gasteiger partial charge >= 0.3 is 0 Å². The molecule has 0 aromatic heterocycles. The average Bonchev–Trinajstić information content (AvgIpc) is 2.61. The number of Topliss-reactive ketones (excluding diaryl/α,β-unsaturated/α-hetero) is 1. The van der Waals surface area contributed by atoms with Crippen LogP contribution in [-0.2, 0) is 4.79 Å². The summed E-state index contributed by atoms with van der Waals surface area (Å²) in [4.78, 5) is 13.9. The topological polar surface area (TPSA) is 20.3 Å². The molecule has 2 rings (SSSR count). The van der Waals surface area contributed by atoms with Gasteiger partial charge in [-0.25, -0.2) is 0 Å². The van der Waals surface area contributed by atoms with Crippen LogP contribution in [0.4, 0.5) is 0 Å². The summed E-state index contributed by atoms with van der Waals surface area (Å²) < 4.78 is 0. The van der Waals surface area contributed by atoms with E-state index in [1.165, 1.54) is 5.56 Å². The molecule has 16 heavy (non-hydrogen) atoms. The minimum atomic E-state index is 0.0483. The molecule has 1 heterocycles. The van der Waals surface area contributed by atoms with Gasteiger partial charge in [-0.15, -0.1) is 0 Å². The van der Waals surface area contributed by atoms with Crippen molar-refractivity contribution in [1.29, 1.82) is 0 Å². The highest BCUT2D eigenvalue weighted by Gasteiger charge is 2.37. The van der Waals surface area contributed by atoms with E-state index in [9.17, 15) is 4.79 Å². The lowest BCUT2D eigenvalue weighted by Gasteiger charge is -2.36. The number of rotatable bonds is 1. The van der Waals surface area contributed by atoms with Gasteiger partial charge in [0.15, 0.2) is 0 Å². The van der Waals surface area contributed by atoms with Gasteiger partial charge in [0.25, 0.3) is 0 Å². The molecule has 86 valence electrons. The molecule has 2 heteroatoms. The van der Waals surface area contributed by atoms with E-state index in [1.807, 2.05) is 18.2 Å². The van der Waals surface area contributed by atoms with Gasteiger partial charge in [0.05, 0.1) is 6.54 Å². The Kier molecular flexibility index (Phi) is 2.85. The van der Waals surface area contributed by atoms with Crippen molar-refractivity contribution in [3.8, 4) is 0 Å². The normalized spacial score (nSPS) is 22.7. The predicted octanol–water partition coefficient (Wildman–Crippen LogP) is 2.80. The second-order valence-electron chi connectivity index (χ2n) is 5.47. The van der Waals surface area contributed by atoms with E-state index in [4.69, 9.17) is 0 Å². The molecule has 0 aliphatic carbocycles. The summed E-state index contributed by atoms with van der Waals surface area (Å²) in [5.74, 6) is 0.351. The van der Waals surface area contributed by atoms with Crippen LogP contribution in [0.15, 0.2) is 30.3 Å². The largest absolute Gasteiger partial charge is 0.298 e. The van der Waals surface area contributed by atoms with Gasteiger partial charge in [-0.1, -0.05) is 30.3 Å². The summed E-state index contributed by atoms with van der Waals surface area (Å²) in [6, 6.07) is 10.6. The summed E-state index contributed by atoms with van der Waals surface area (Å²) >= 11 is 0. The van der Waals surface area contributed by atoms with Crippen LogP contribution in [-0.4, -0.2) is 22.8 Å². The minimum Gasteiger partial charge on any atom is -0.298 e. The predicted molar refractivity (Wildman–Crippen MR) is 65.3 cm³/mol. The first-order valence-corrected chi connectivity index (χ1v) is 5.82. The molecule has 0 bridgehead atoms. The molecule has 0 unspecified atom stereocenters. The Balaban J connectivity index is 2.30. The maximum Gasteiger partial charge on any atom is 0.148 e. The third-order valence-corrected chi connectivity index (χ3v) is 3.19. The van der Waals surface area contributed by atoms with Crippen molar-refractivity contribution < 1.29 is 4.79 Å². The Morgan fingerprint density at radius 2 is 1.81 bits per heavy atom. The zero-order valence-electron chi connectivity index (χ0n) is 10.2. The van der Waals surface area contributed by atoms with Crippen LogP contribution in [0.2, 0.25) is 0 Å². The molecule has 1 atom stereocenters. The van der Waals surface area contributed by atoms with Crippen molar-refractivity contribution in [2.45, 2.75) is 38.8 Å². The second kappa shape index (κ2) is 4.02. The number of likely N-dealkylation sites (tertiary alicyclic amines) is 1. The van der Waals surface area contributed by atoms with E-state index in [-0.39, 0.29) is 11.6 Å². The standard InChI is InChI=1S/C14H19NO/c1-14(2,3)15-10-12(16)9-13(15)11-7-5-4-6-8-11/h4-8,13H,9-10H2,1-3H3/t13-/m0/s1. The molecule has 2 nitrogen and oxygen atoms in total. The van der Waals surface area contributed by atoms with Crippen molar-refractivity contribution in [2.24, 2.45) is 0 Å². The van der Waals surface area contributed by atoms with Crippen molar-refractivity contribution in [2.75, 3.05) is 6.54 Å². The summed E-state index contributed by atoms with van der Waals surface area (Å²) in [5, 5.41) is 0. The first-order valence-electron chi connectivity index (χ1n) is 5.82. The van der Waals surface area contributed by atoms with Crippen LogP contribution in [0.1, 0.15) is 38.8 Å². The quantitative estimate of drug-likeness (QED) is 0.721. The maximum atomic E-state index is 11.6. The van der Waals surface area contributed by atoms with Crippen LogP contribution in [0, 0.1) is 0 Å². The van der Waals surface area contributed by atoms with Gasteiger partial charge in [0, 0.05) is 18.0 Å². The molecule has 1 aliphatic rings. The van der Waals surface area contributed by atoms with Crippen molar-refractivity contribution in [3.05, 3.63) is 35.9 Å². The summed E-state index contributed by atoms with van der Waals surface area (Å²) in [5.41, 5.74) is 1.30. The Hall–Kier alpha value is -1.15. The highest BCUT2D eigenvalue weighted by molar-refractivity contribution is 5.83. The van der Waals surface area contributed by atoms with Crippen LogP contribution in [0.3, 0.4) is 0 Å². The van der Waals surface area contributed by atoms with Gasteiger partial charge in [-0.2, -0.15) is 0 Å². The summed E-state index contributed by atoms with van der Waals surface area (Å²) in [6.07, 6.45) is 0.654. The molecule has 0 spiro atoms. The number of carbonyl (C=O) groups excluding carboxylic acids is 1. The van der Waals surface area contributed by atoms with Gasteiger partial charge in [0.1, 0.15) is 5.78 Å². The third kappa shape index (κ3) is 2.17. The van der Waals surface area contributed by atoms with E-state index in [1.54, 1.807) is 0 Å². The lowest BCUT2D eigenvalue weighted by molar-refractivity contribution is -0.117. The number of carbonyl (C=O) groups is 1. The lowest BCUT2D eigenvalue weighted by Crippen LogP contribution is -2.41. The number of hydrogen-bond acceptors (Lipinski definition) is 2. The number of nitrogens with zero attached hydrogens (tertiary/aromatic N) is 1. The molecule has 1 aromatic rings. The lowest BCUT2D eigenvalue weighted by atomic mass is 9.99. The maximum absolute atomic E-state index is 11.6. The first-order chi connectivity index (χ1) is 7.48. The molecule has 0 saturated carbocycles. The summed E-state index contributed by atoms with van der Waals surface area (Å²) in [6.45, 7) is 7.09. The van der Waals surface area contributed by atoms with E-state index in [0.717, 1.165) is 0 Å². The Labute approximate surface area is 97.3 Å². The van der Waals surface area contributed by atoms with Crippen LogP contribution < -0.4 is 0 Å². The van der Waals surface area contributed by atoms with Gasteiger partial charge < -0.3 is 0 Å². The highest BCUT2D eigenvalue weighted by Crippen LogP contribution is 2.35. The van der Waals surface area contributed by atoms with Gasteiger partial charge in [-0.05, 0) is 26.3 Å². The third-order valence-electron chi connectivity index (χ3n) is 3.19. The fraction of sp³-hybridized carbons (Fsp3) is 0.500. The summed E-state index contributed by atoms with van der Waals surface area (Å²) in [7, 11) is 0. The smallest absolute Gasteiger partial charge is 0.148 e. The SMILES string of the molecule is CC(C)(C)N1CC(=O)C[C@H]1c1ccccc1. The van der Waals surface area contributed by atoms with E-state index < -0.39 is 0 Å². The fourth-order valence-electron chi connectivity index (χ4n) is 2.37. The van der Waals surface area contributed by atoms with Crippen molar-refractivity contribution >= 4 is 5.78 Å². The van der Waals surface area contributed by atoms with Crippen LogP contribution in [0.5, 0.6) is 0 Å².